The van der Waals surface area contributed by atoms with E-state index in [9.17, 15) is 0 Å². The fraction of sp³-hybridized carbons (Fsp3) is 0.192. The van der Waals surface area contributed by atoms with E-state index >= 15 is 0 Å². The van der Waals surface area contributed by atoms with Gasteiger partial charge >= 0.3 is 0 Å². The number of hydrogen-bond acceptors (Lipinski definition) is 5. The molecule has 0 aliphatic carbocycles. The van der Waals surface area contributed by atoms with Crippen LogP contribution in [-0.4, -0.2) is 21.3 Å². The Hall–Kier alpha value is -3.73. The minimum atomic E-state index is 0.643. The molecule has 0 radical (unpaired) electrons. The van der Waals surface area contributed by atoms with Crippen LogP contribution in [0.15, 0.2) is 70.1 Å². The van der Waals surface area contributed by atoms with E-state index in [-0.39, 0.29) is 0 Å². The van der Waals surface area contributed by atoms with Gasteiger partial charge in [-0.1, -0.05) is 6.07 Å². The maximum atomic E-state index is 6.30. The molecule has 1 heterocycles. The summed E-state index contributed by atoms with van der Waals surface area (Å²) in [5.41, 5.74) is 4.69. The number of ether oxygens (including phenoxy) is 3. The molecule has 5 nitrogen and oxygen atoms in total. The molecule has 0 amide bonds. The first-order valence-electron chi connectivity index (χ1n) is 9.98. The Morgan fingerprint density at radius 3 is 2.13 bits per heavy atom. The largest absolute Gasteiger partial charge is 0.497 e. The molecule has 0 N–H and O–H groups in total. The molecule has 158 valence electrons. The minimum absolute atomic E-state index is 0.643. The van der Waals surface area contributed by atoms with Gasteiger partial charge in [-0.15, -0.1) is 0 Å². The SMILES string of the molecule is COc1ccc(-c2cc(=Nc3ccc(OC)cc3OC)c3c(C)cc(C)cc3o2)cc1. The van der Waals surface area contributed by atoms with Crippen molar-refractivity contribution < 1.29 is 18.6 Å². The van der Waals surface area contributed by atoms with E-state index in [2.05, 4.69) is 19.9 Å². The second-order valence-electron chi connectivity index (χ2n) is 7.33. The molecule has 0 bridgehead atoms. The zero-order valence-corrected chi connectivity index (χ0v) is 18.4. The third-order valence-corrected chi connectivity index (χ3v) is 5.19. The molecule has 1 aromatic heterocycles. The lowest BCUT2D eigenvalue weighted by atomic mass is 10.0. The lowest BCUT2D eigenvalue weighted by molar-refractivity contribution is 0.395. The summed E-state index contributed by atoms with van der Waals surface area (Å²) < 4.78 is 22.4. The van der Waals surface area contributed by atoms with Crippen LogP contribution in [0.3, 0.4) is 0 Å². The number of methoxy groups -OCH3 is 3. The van der Waals surface area contributed by atoms with Crippen molar-refractivity contribution >= 4 is 16.7 Å². The van der Waals surface area contributed by atoms with Crippen molar-refractivity contribution in [2.24, 2.45) is 4.99 Å². The van der Waals surface area contributed by atoms with Crippen LogP contribution < -0.4 is 19.6 Å². The normalized spacial score (nSPS) is 11.6. The van der Waals surface area contributed by atoms with Crippen LogP contribution in [0.5, 0.6) is 17.2 Å². The summed E-state index contributed by atoms with van der Waals surface area (Å²) in [5, 5.41) is 1.79. The molecular formula is C26H25NO4. The number of rotatable bonds is 5. The third-order valence-electron chi connectivity index (χ3n) is 5.19. The highest BCUT2D eigenvalue weighted by Crippen LogP contribution is 2.32. The van der Waals surface area contributed by atoms with E-state index in [1.807, 2.05) is 54.6 Å². The molecule has 0 saturated heterocycles. The van der Waals surface area contributed by atoms with Crippen LogP contribution in [0.25, 0.3) is 22.3 Å². The lowest BCUT2D eigenvalue weighted by Gasteiger charge is -2.10. The second kappa shape index (κ2) is 8.56. The average molecular weight is 415 g/mol. The van der Waals surface area contributed by atoms with Crippen molar-refractivity contribution in [1.82, 2.24) is 0 Å². The Morgan fingerprint density at radius 2 is 1.45 bits per heavy atom. The van der Waals surface area contributed by atoms with E-state index in [1.165, 1.54) is 0 Å². The first-order valence-corrected chi connectivity index (χ1v) is 9.98. The summed E-state index contributed by atoms with van der Waals surface area (Å²) in [7, 11) is 4.91. The maximum Gasteiger partial charge on any atom is 0.148 e. The Labute approximate surface area is 181 Å². The third kappa shape index (κ3) is 4.12. The fourth-order valence-electron chi connectivity index (χ4n) is 3.67. The summed E-state index contributed by atoms with van der Waals surface area (Å²) >= 11 is 0. The average Bonchev–Trinajstić information content (AvgIpc) is 2.78. The number of fused-ring (bicyclic) bond motifs is 1. The Kier molecular flexibility index (Phi) is 5.67. The van der Waals surface area contributed by atoms with Crippen LogP contribution in [0.1, 0.15) is 11.1 Å². The molecule has 0 aliphatic heterocycles. The van der Waals surface area contributed by atoms with Crippen molar-refractivity contribution in [2.75, 3.05) is 21.3 Å². The van der Waals surface area contributed by atoms with Crippen LogP contribution in [0.4, 0.5) is 5.69 Å². The van der Waals surface area contributed by atoms with Crippen molar-refractivity contribution in [1.29, 1.82) is 0 Å². The van der Waals surface area contributed by atoms with Gasteiger partial charge in [0.1, 0.15) is 34.3 Å². The topological polar surface area (TPSA) is 53.2 Å². The minimum Gasteiger partial charge on any atom is -0.497 e. The van der Waals surface area contributed by atoms with Crippen LogP contribution in [-0.2, 0) is 0 Å². The molecule has 0 saturated carbocycles. The molecule has 0 aliphatic rings. The van der Waals surface area contributed by atoms with E-state index in [0.717, 1.165) is 56.0 Å². The predicted molar refractivity (Wildman–Crippen MR) is 122 cm³/mol. The van der Waals surface area contributed by atoms with Crippen LogP contribution >= 0.6 is 0 Å². The molecule has 4 aromatic rings. The monoisotopic (exact) mass is 415 g/mol. The Morgan fingerprint density at radius 1 is 0.742 bits per heavy atom. The molecule has 0 atom stereocenters. The quantitative estimate of drug-likeness (QED) is 0.403. The van der Waals surface area contributed by atoms with Gasteiger partial charge in [0.25, 0.3) is 0 Å². The highest BCUT2D eigenvalue weighted by Gasteiger charge is 2.11. The van der Waals surface area contributed by atoms with Gasteiger partial charge < -0.3 is 18.6 Å². The van der Waals surface area contributed by atoms with Crippen LogP contribution in [0, 0.1) is 13.8 Å². The van der Waals surface area contributed by atoms with Gasteiger partial charge in [0, 0.05) is 23.1 Å². The molecular weight excluding hydrogens is 390 g/mol. The zero-order valence-electron chi connectivity index (χ0n) is 18.4. The van der Waals surface area contributed by atoms with E-state index in [0.29, 0.717) is 5.75 Å². The molecule has 0 fully saturated rings. The van der Waals surface area contributed by atoms with Gasteiger partial charge in [-0.3, -0.25) is 0 Å². The summed E-state index contributed by atoms with van der Waals surface area (Å²) in [6.07, 6.45) is 0. The molecule has 31 heavy (non-hydrogen) atoms. The first kappa shape index (κ1) is 20.5. The molecule has 0 spiro atoms. The first-order chi connectivity index (χ1) is 15.0. The van der Waals surface area contributed by atoms with Gasteiger partial charge in [0.15, 0.2) is 0 Å². The molecule has 0 unspecified atom stereocenters. The number of hydrogen-bond donors (Lipinski definition) is 0. The van der Waals surface area contributed by atoms with Crippen molar-refractivity contribution in [2.45, 2.75) is 13.8 Å². The zero-order chi connectivity index (χ0) is 22.0. The van der Waals surface area contributed by atoms with E-state index < -0.39 is 0 Å². The summed E-state index contributed by atoms with van der Waals surface area (Å²) in [4.78, 5) is 4.96. The molecule has 3 aromatic carbocycles. The second-order valence-corrected chi connectivity index (χ2v) is 7.33. The van der Waals surface area contributed by atoms with Gasteiger partial charge in [0.2, 0.25) is 0 Å². The van der Waals surface area contributed by atoms with Gasteiger partial charge in [0.05, 0.1) is 26.7 Å². The number of aryl methyl sites for hydroxylation is 2. The van der Waals surface area contributed by atoms with E-state index in [1.54, 1.807) is 21.3 Å². The molecule has 4 rings (SSSR count). The van der Waals surface area contributed by atoms with Crippen LogP contribution in [0.2, 0.25) is 0 Å². The maximum absolute atomic E-state index is 6.30. The number of nitrogens with zero attached hydrogens (tertiary/aromatic N) is 1. The highest BCUT2D eigenvalue weighted by atomic mass is 16.5. The summed E-state index contributed by atoms with van der Waals surface area (Å²) in [6.45, 7) is 4.13. The summed E-state index contributed by atoms with van der Waals surface area (Å²) in [5.74, 6) is 2.88. The molecule has 5 heteroatoms. The van der Waals surface area contributed by atoms with Crippen molar-refractivity contribution in [3.63, 3.8) is 0 Å². The van der Waals surface area contributed by atoms with Gasteiger partial charge in [-0.25, -0.2) is 4.99 Å². The number of benzene rings is 3. The Balaban J connectivity index is 2.00. The standard InChI is InChI=1S/C26H25NO4/c1-16-12-17(2)26-22(27-21-11-10-20(29-4)14-24(21)30-5)15-23(31-25(26)13-16)18-6-8-19(28-3)9-7-18/h6-15H,1-5H3. The summed E-state index contributed by atoms with van der Waals surface area (Å²) in [6, 6.07) is 19.5. The highest BCUT2D eigenvalue weighted by molar-refractivity contribution is 5.83. The van der Waals surface area contributed by atoms with Gasteiger partial charge in [-0.05, 0) is 67.4 Å². The lowest BCUT2D eigenvalue weighted by Crippen LogP contribution is -2.05. The van der Waals surface area contributed by atoms with Crippen molar-refractivity contribution in [3.05, 3.63) is 77.1 Å². The van der Waals surface area contributed by atoms with E-state index in [4.69, 9.17) is 23.6 Å². The smallest absolute Gasteiger partial charge is 0.148 e. The predicted octanol–water partition coefficient (Wildman–Crippen LogP) is 5.97. The fourth-order valence-corrected chi connectivity index (χ4v) is 3.67. The van der Waals surface area contributed by atoms with Gasteiger partial charge in [-0.2, -0.15) is 0 Å². The Bertz CT molecular complexity index is 1300. The van der Waals surface area contributed by atoms with Crippen molar-refractivity contribution in [3.8, 4) is 28.6 Å².